The molecule has 0 fully saturated rings. The first-order chi connectivity index (χ1) is 9.34. The fourth-order valence-electron chi connectivity index (χ4n) is 2.02. The highest BCUT2D eigenvalue weighted by atomic mass is 32.2. The van der Waals surface area contributed by atoms with Crippen molar-refractivity contribution in [3.63, 3.8) is 0 Å². The van der Waals surface area contributed by atoms with Gasteiger partial charge in [0.15, 0.2) is 0 Å². The van der Waals surface area contributed by atoms with Gasteiger partial charge in [-0.15, -0.1) is 0 Å². The van der Waals surface area contributed by atoms with Gasteiger partial charge in [-0.3, -0.25) is 4.31 Å². The fourth-order valence-corrected chi connectivity index (χ4v) is 2.38. The van der Waals surface area contributed by atoms with Gasteiger partial charge in [-0.2, -0.15) is 0 Å². The number of aliphatic hydroxyl groups excluding tert-OH is 1. The summed E-state index contributed by atoms with van der Waals surface area (Å²) in [6.07, 6.45) is 5.32. The molecule has 0 bridgehead atoms. The number of hydrogen-bond donors (Lipinski definition) is 1. The molecule has 0 amide bonds. The van der Waals surface area contributed by atoms with Gasteiger partial charge in [0.2, 0.25) is 5.95 Å². The van der Waals surface area contributed by atoms with E-state index < -0.39 is 11.0 Å². The molecule has 1 atom stereocenters. The summed E-state index contributed by atoms with van der Waals surface area (Å²) in [6.45, 7) is 9.73. The van der Waals surface area contributed by atoms with E-state index in [1.807, 2.05) is 37.5 Å². The summed E-state index contributed by atoms with van der Waals surface area (Å²) in [6, 6.07) is 0.0952. The summed E-state index contributed by atoms with van der Waals surface area (Å²) in [7, 11) is 0.542. The minimum Gasteiger partial charge on any atom is -0.390 e. The maximum absolute atomic E-state index is 11.7. The Kier molecular flexibility index (Phi) is 5.71. The molecule has 1 unspecified atom stereocenters. The van der Waals surface area contributed by atoms with Gasteiger partial charge in [-0.05, 0) is 26.3 Å². The molecular weight excluding hydrogens is 274 g/mol. The van der Waals surface area contributed by atoms with Gasteiger partial charge in [0.05, 0.1) is 18.0 Å². The second kappa shape index (κ2) is 6.85. The van der Waals surface area contributed by atoms with Crippen molar-refractivity contribution in [1.29, 1.82) is 0 Å². The predicted molar refractivity (Wildman–Crippen MR) is 84.9 cm³/mol. The van der Waals surface area contributed by atoms with Crippen molar-refractivity contribution >= 4 is 22.5 Å². The summed E-state index contributed by atoms with van der Waals surface area (Å²) in [4.78, 5) is 4.53. The van der Waals surface area contributed by atoms with E-state index in [-0.39, 0.29) is 12.6 Å². The van der Waals surface area contributed by atoms with Crippen molar-refractivity contribution in [2.24, 2.45) is 0 Å². The SMILES string of the molecule is C=C(/C=C\C)c1nc(N(C)S(C)=O)n(C(C)C)c1CO. The van der Waals surface area contributed by atoms with Gasteiger partial charge in [0.1, 0.15) is 11.0 Å². The molecular formula is C14H23N3O2S. The van der Waals surface area contributed by atoms with Gasteiger partial charge < -0.3 is 9.67 Å². The normalized spacial score (nSPS) is 13.2. The van der Waals surface area contributed by atoms with Gasteiger partial charge in [0.25, 0.3) is 0 Å². The Morgan fingerprint density at radius 1 is 1.60 bits per heavy atom. The molecule has 0 saturated heterocycles. The van der Waals surface area contributed by atoms with Crippen molar-refractivity contribution in [3.8, 4) is 0 Å². The zero-order valence-electron chi connectivity index (χ0n) is 12.8. The van der Waals surface area contributed by atoms with Crippen molar-refractivity contribution in [2.75, 3.05) is 17.6 Å². The van der Waals surface area contributed by atoms with Crippen LogP contribution < -0.4 is 4.31 Å². The molecule has 6 heteroatoms. The third-order valence-electron chi connectivity index (χ3n) is 3.00. The molecule has 1 N–H and O–H groups in total. The van der Waals surface area contributed by atoms with E-state index in [1.54, 1.807) is 17.6 Å². The van der Waals surface area contributed by atoms with Crippen LogP contribution in [0.5, 0.6) is 0 Å². The number of rotatable bonds is 6. The molecule has 5 nitrogen and oxygen atoms in total. The summed E-state index contributed by atoms with van der Waals surface area (Å²) in [5, 5.41) is 9.68. The maximum Gasteiger partial charge on any atom is 0.218 e. The van der Waals surface area contributed by atoms with Crippen molar-refractivity contribution in [1.82, 2.24) is 9.55 Å². The molecule has 1 rings (SSSR count). The second-order valence-electron chi connectivity index (χ2n) is 4.78. The predicted octanol–water partition coefficient (Wildman–Crippen LogP) is 2.28. The molecule has 112 valence electrons. The second-order valence-corrected chi connectivity index (χ2v) is 6.17. The minimum atomic E-state index is -1.18. The number of anilines is 1. The average molecular weight is 297 g/mol. The van der Waals surface area contributed by atoms with Crippen LogP contribution in [-0.4, -0.2) is 32.2 Å². The van der Waals surface area contributed by atoms with E-state index in [0.717, 1.165) is 5.57 Å². The zero-order valence-corrected chi connectivity index (χ0v) is 13.6. The topological polar surface area (TPSA) is 58.4 Å². The number of aliphatic hydroxyl groups is 1. The largest absolute Gasteiger partial charge is 0.390 e. The van der Waals surface area contributed by atoms with E-state index in [4.69, 9.17) is 0 Å². The van der Waals surface area contributed by atoms with Gasteiger partial charge in [0, 0.05) is 19.3 Å². The van der Waals surface area contributed by atoms with Crippen LogP contribution in [-0.2, 0) is 17.6 Å². The molecule has 0 aromatic carbocycles. The van der Waals surface area contributed by atoms with Crippen LogP contribution >= 0.6 is 0 Å². The Balaban J connectivity index is 3.52. The molecule has 0 aliphatic heterocycles. The zero-order chi connectivity index (χ0) is 15.4. The van der Waals surface area contributed by atoms with Crippen LogP contribution in [0.15, 0.2) is 18.7 Å². The van der Waals surface area contributed by atoms with E-state index in [0.29, 0.717) is 17.3 Å². The van der Waals surface area contributed by atoms with E-state index in [1.165, 1.54) is 0 Å². The number of imidazole rings is 1. The molecule has 1 aromatic heterocycles. The molecule has 0 saturated carbocycles. The van der Waals surface area contributed by atoms with Crippen LogP contribution in [0.3, 0.4) is 0 Å². The highest BCUT2D eigenvalue weighted by molar-refractivity contribution is 7.85. The van der Waals surface area contributed by atoms with Gasteiger partial charge in [-0.25, -0.2) is 9.19 Å². The lowest BCUT2D eigenvalue weighted by Gasteiger charge is -2.20. The van der Waals surface area contributed by atoms with Gasteiger partial charge in [-0.1, -0.05) is 18.7 Å². The summed E-state index contributed by atoms with van der Waals surface area (Å²) < 4.78 is 15.2. The maximum atomic E-state index is 11.7. The van der Waals surface area contributed by atoms with Crippen LogP contribution in [0, 0.1) is 0 Å². The lowest BCUT2D eigenvalue weighted by molar-refractivity contribution is 0.268. The first-order valence-corrected chi connectivity index (χ1v) is 7.97. The summed E-state index contributed by atoms with van der Waals surface area (Å²) in [5.41, 5.74) is 2.06. The number of aromatic nitrogens is 2. The lowest BCUT2D eigenvalue weighted by atomic mass is 10.1. The Bertz CT molecular complexity index is 547. The van der Waals surface area contributed by atoms with Crippen LogP contribution in [0.2, 0.25) is 0 Å². The smallest absolute Gasteiger partial charge is 0.218 e. The molecule has 0 aliphatic carbocycles. The van der Waals surface area contributed by atoms with Crippen molar-refractivity contribution in [3.05, 3.63) is 30.1 Å². The first kappa shape index (κ1) is 16.7. The number of allylic oxidation sites excluding steroid dienone is 3. The highest BCUT2D eigenvalue weighted by Crippen LogP contribution is 2.28. The molecule has 20 heavy (non-hydrogen) atoms. The van der Waals surface area contributed by atoms with Gasteiger partial charge >= 0.3 is 0 Å². The molecule has 1 aromatic rings. The first-order valence-electron chi connectivity index (χ1n) is 6.46. The molecule has 1 heterocycles. The van der Waals surface area contributed by atoms with E-state index in [9.17, 15) is 9.32 Å². The van der Waals surface area contributed by atoms with E-state index in [2.05, 4.69) is 11.6 Å². The third-order valence-corrected chi connectivity index (χ3v) is 3.93. The van der Waals surface area contributed by atoms with Crippen LogP contribution in [0.4, 0.5) is 5.95 Å². The lowest BCUT2D eigenvalue weighted by Crippen LogP contribution is -2.24. The summed E-state index contributed by atoms with van der Waals surface area (Å²) in [5.74, 6) is 0.575. The Morgan fingerprint density at radius 3 is 2.60 bits per heavy atom. The quantitative estimate of drug-likeness (QED) is 0.820. The molecule has 0 aliphatic rings. The Labute approximate surface area is 123 Å². The Hall–Kier alpha value is -1.40. The van der Waals surface area contributed by atoms with Crippen LogP contribution in [0.25, 0.3) is 5.57 Å². The standard InChI is InChI=1S/C14H23N3O2S/c1-7-8-11(4)13-12(9-18)17(10(2)3)14(15-13)16(5)20(6)19/h7-8,10,18H,4,9H2,1-3,5-6H3/b8-7-. The van der Waals surface area contributed by atoms with Crippen molar-refractivity contribution < 1.29 is 9.32 Å². The monoisotopic (exact) mass is 297 g/mol. The molecule has 0 radical (unpaired) electrons. The van der Waals surface area contributed by atoms with Crippen molar-refractivity contribution in [2.45, 2.75) is 33.4 Å². The number of hydrogen-bond acceptors (Lipinski definition) is 3. The Morgan fingerprint density at radius 2 is 2.20 bits per heavy atom. The highest BCUT2D eigenvalue weighted by Gasteiger charge is 2.23. The molecule has 0 spiro atoms. The third kappa shape index (κ3) is 3.19. The van der Waals surface area contributed by atoms with Crippen LogP contribution in [0.1, 0.15) is 38.2 Å². The minimum absolute atomic E-state index is 0.0952. The summed E-state index contributed by atoms with van der Waals surface area (Å²) >= 11 is 0. The van der Waals surface area contributed by atoms with E-state index >= 15 is 0 Å². The fraction of sp³-hybridized carbons (Fsp3) is 0.500. The average Bonchev–Trinajstić information content (AvgIpc) is 2.77. The number of nitrogens with zero attached hydrogens (tertiary/aromatic N) is 3.